The second kappa shape index (κ2) is 8.94. The first-order valence-electron chi connectivity index (χ1n) is 10.3. The van der Waals surface area contributed by atoms with Crippen LogP contribution in [0.2, 0.25) is 0 Å². The van der Waals surface area contributed by atoms with Crippen LogP contribution in [0.1, 0.15) is 41.6 Å². The Kier molecular flexibility index (Phi) is 6.27. The number of ether oxygens (including phenoxy) is 1. The van der Waals surface area contributed by atoms with Gasteiger partial charge in [-0.05, 0) is 55.7 Å². The fourth-order valence-corrected chi connectivity index (χ4v) is 6.35. The molecule has 7 nitrogen and oxygen atoms in total. The number of carbonyl (C=O) groups excluding carboxylic acids is 1. The van der Waals surface area contributed by atoms with Crippen molar-refractivity contribution in [3.63, 3.8) is 0 Å². The van der Waals surface area contributed by atoms with E-state index < -0.39 is 15.9 Å². The maximum atomic E-state index is 13.3. The fraction of sp³-hybridized carbons (Fsp3) is 0.364. The molecule has 0 bridgehead atoms. The fourth-order valence-electron chi connectivity index (χ4n) is 3.70. The van der Waals surface area contributed by atoms with Gasteiger partial charge in [0.1, 0.15) is 10.6 Å². The van der Waals surface area contributed by atoms with Crippen LogP contribution in [0.5, 0.6) is 5.75 Å². The number of rotatable bonds is 5. The van der Waals surface area contributed by atoms with E-state index in [1.165, 1.54) is 34.9 Å². The molecule has 9 heteroatoms. The Labute approximate surface area is 186 Å². The highest BCUT2D eigenvalue weighted by atomic mass is 32.2. The summed E-state index contributed by atoms with van der Waals surface area (Å²) in [5.41, 5.74) is 2.17. The van der Waals surface area contributed by atoms with E-state index in [1.54, 1.807) is 6.07 Å². The number of aryl methyl sites for hydroxylation is 1. The SMILES string of the molecule is COc1ccc(C(=O)Nc2nc3ccc(C)cc3s2)cc1S(=O)(=O)N1CCCCCC1. The normalized spacial score (nSPS) is 15.5. The Morgan fingerprint density at radius 2 is 1.84 bits per heavy atom. The average Bonchev–Trinajstić information content (AvgIpc) is 2.95. The number of fused-ring (bicyclic) bond motifs is 1. The predicted octanol–water partition coefficient (Wildman–Crippen LogP) is 4.43. The third kappa shape index (κ3) is 4.58. The number of nitrogens with zero attached hydrogens (tertiary/aromatic N) is 2. The van der Waals surface area contributed by atoms with E-state index in [4.69, 9.17) is 4.74 Å². The topological polar surface area (TPSA) is 88.6 Å². The highest BCUT2D eigenvalue weighted by molar-refractivity contribution is 7.89. The molecule has 1 aliphatic rings. The molecular formula is C22H25N3O4S2. The average molecular weight is 460 g/mol. The zero-order valence-corrected chi connectivity index (χ0v) is 19.2. The van der Waals surface area contributed by atoms with Crippen molar-refractivity contribution < 1.29 is 17.9 Å². The molecule has 164 valence electrons. The van der Waals surface area contributed by atoms with Gasteiger partial charge < -0.3 is 4.74 Å². The molecular weight excluding hydrogens is 434 g/mol. The summed E-state index contributed by atoms with van der Waals surface area (Å²) < 4.78 is 34.4. The number of hydrogen-bond donors (Lipinski definition) is 1. The van der Waals surface area contributed by atoms with E-state index in [0.717, 1.165) is 41.5 Å². The first-order chi connectivity index (χ1) is 14.9. The highest BCUT2D eigenvalue weighted by Crippen LogP contribution is 2.31. The van der Waals surface area contributed by atoms with Gasteiger partial charge in [-0.3, -0.25) is 10.1 Å². The lowest BCUT2D eigenvalue weighted by atomic mass is 10.2. The highest BCUT2D eigenvalue weighted by Gasteiger charge is 2.29. The monoisotopic (exact) mass is 459 g/mol. The molecule has 0 aliphatic carbocycles. The number of benzene rings is 2. The Hall–Kier alpha value is -2.49. The summed E-state index contributed by atoms with van der Waals surface area (Å²) in [6, 6.07) is 10.4. The van der Waals surface area contributed by atoms with Gasteiger partial charge in [0.05, 0.1) is 17.3 Å². The van der Waals surface area contributed by atoms with E-state index in [2.05, 4.69) is 10.3 Å². The number of hydrogen-bond acceptors (Lipinski definition) is 6. The molecule has 3 aromatic rings. The number of nitrogens with one attached hydrogen (secondary N) is 1. The largest absolute Gasteiger partial charge is 0.495 e. The predicted molar refractivity (Wildman–Crippen MR) is 123 cm³/mol. The zero-order valence-electron chi connectivity index (χ0n) is 17.6. The number of anilines is 1. The summed E-state index contributed by atoms with van der Waals surface area (Å²) >= 11 is 1.38. The van der Waals surface area contributed by atoms with Gasteiger partial charge in [-0.25, -0.2) is 13.4 Å². The van der Waals surface area contributed by atoms with Crippen molar-refractivity contribution in [1.29, 1.82) is 0 Å². The third-order valence-corrected chi connectivity index (χ3v) is 8.23. The number of aromatic nitrogens is 1. The number of carbonyl (C=O) groups is 1. The second-order valence-electron chi connectivity index (χ2n) is 7.63. The van der Waals surface area contributed by atoms with E-state index in [9.17, 15) is 13.2 Å². The Morgan fingerprint density at radius 1 is 1.10 bits per heavy atom. The first-order valence-corrected chi connectivity index (χ1v) is 12.5. The molecule has 4 rings (SSSR count). The van der Waals surface area contributed by atoms with Crippen LogP contribution in [0, 0.1) is 6.92 Å². The van der Waals surface area contributed by atoms with Crippen LogP contribution in [0.15, 0.2) is 41.3 Å². The number of methoxy groups -OCH3 is 1. The second-order valence-corrected chi connectivity index (χ2v) is 10.6. The molecule has 1 saturated heterocycles. The van der Waals surface area contributed by atoms with Crippen molar-refractivity contribution in [2.24, 2.45) is 0 Å². The quantitative estimate of drug-likeness (QED) is 0.610. The van der Waals surface area contributed by atoms with Crippen molar-refractivity contribution >= 4 is 42.6 Å². The minimum atomic E-state index is -3.77. The molecule has 2 heterocycles. The van der Waals surface area contributed by atoms with Crippen LogP contribution in [-0.4, -0.2) is 43.8 Å². The number of sulfonamides is 1. The molecule has 0 saturated carbocycles. The summed E-state index contributed by atoms with van der Waals surface area (Å²) in [6.45, 7) is 2.96. The van der Waals surface area contributed by atoms with Crippen molar-refractivity contribution in [3.05, 3.63) is 47.5 Å². The minimum Gasteiger partial charge on any atom is -0.495 e. The Morgan fingerprint density at radius 3 is 2.55 bits per heavy atom. The van der Waals surface area contributed by atoms with Crippen molar-refractivity contribution in [1.82, 2.24) is 9.29 Å². The Balaban J connectivity index is 1.63. The van der Waals surface area contributed by atoms with Crippen LogP contribution in [0.4, 0.5) is 5.13 Å². The standard InChI is InChI=1S/C22H25N3O4S2/c1-15-7-9-17-19(13-15)30-22(23-17)24-21(26)16-8-10-18(29-2)20(14-16)31(27,28)25-11-5-3-4-6-12-25/h7-10,13-14H,3-6,11-12H2,1-2H3,(H,23,24,26). The molecule has 1 N–H and O–H groups in total. The van der Waals surface area contributed by atoms with Gasteiger partial charge in [0.2, 0.25) is 10.0 Å². The van der Waals surface area contributed by atoms with Gasteiger partial charge in [-0.2, -0.15) is 4.31 Å². The lowest BCUT2D eigenvalue weighted by Crippen LogP contribution is -2.32. The van der Waals surface area contributed by atoms with Crippen molar-refractivity contribution in [2.45, 2.75) is 37.5 Å². The molecule has 0 atom stereocenters. The summed E-state index contributed by atoms with van der Waals surface area (Å²) in [5, 5.41) is 3.26. The molecule has 2 aromatic carbocycles. The lowest BCUT2D eigenvalue weighted by molar-refractivity contribution is 0.102. The van der Waals surface area contributed by atoms with Gasteiger partial charge in [-0.1, -0.05) is 30.2 Å². The van der Waals surface area contributed by atoms with E-state index in [-0.39, 0.29) is 16.2 Å². The number of amides is 1. The van der Waals surface area contributed by atoms with Crippen molar-refractivity contribution in [3.8, 4) is 5.75 Å². The van der Waals surface area contributed by atoms with E-state index in [0.29, 0.717) is 18.2 Å². The van der Waals surface area contributed by atoms with Gasteiger partial charge in [0.25, 0.3) is 5.91 Å². The molecule has 1 fully saturated rings. The zero-order chi connectivity index (χ0) is 22.0. The lowest BCUT2D eigenvalue weighted by Gasteiger charge is -2.21. The molecule has 0 radical (unpaired) electrons. The smallest absolute Gasteiger partial charge is 0.257 e. The van der Waals surface area contributed by atoms with Gasteiger partial charge >= 0.3 is 0 Å². The van der Waals surface area contributed by atoms with Gasteiger partial charge in [0, 0.05) is 18.7 Å². The summed E-state index contributed by atoms with van der Waals surface area (Å²) in [6.07, 6.45) is 3.71. The molecule has 31 heavy (non-hydrogen) atoms. The molecule has 1 aromatic heterocycles. The maximum Gasteiger partial charge on any atom is 0.257 e. The van der Waals surface area contributed by atoms with Gasteiger partial charge in [0.15, 0.2) is 5.13 Å². The first kappa shape index (κ1) is 21.7. The molecule has 0 unspecified atom stereocenters. The number of thiazole rings is 1. The third-order valence-electron chi connectivity index (χ3n) is 5.37. The Bertz CT molecular complexity index is 1210. The summed E-state index contributed by atoms with van der Waals surface area (Å²) in [7, 11) is -2.34. The van der Waals surface area contributed by atoms with Gasteiger partial charge in [-0.15, -0.1) is 0 Å². The van der Waals surface area contributed by atoms with E-state index >= 15 is 0 Å². The van der Waals surface area contributed by atoms with Crippen LogP contribution >= 0.6 is 11.3 Å². The van der Waals surface area contributed by atoms with Crippen molar-refractivity contribution in [2.75, 3.05) is 25.5 Å². The van der Waals surface area contributed by atoms with Crippen LogP contribution in [0.25, 0.3) is 10.2 Å². The summed E-state index contributed by atoms with van der Waals surface area (Å²) in [5.74, 6) is -0.179. The molecule has 1 aliphatic heterocycles. The van der Waals surface area contributed by atoms with E-state index in [1.807, 2.05) is 25.1 Å². The van der Waals surface area contributed by atoms with Crippen LogP contribution in [0.3, 0.4) is 0 Å². The van der Waals surface area contributed by atoms with Crippen LogP contribution in [-0.2, 0) is 10.0 Å². The maximum absolute atomic E-state index is 13.3. The van der Waals surface area contributed by atoms with Crippen LogP contribution < -0.4 is 10.1 Å². The molecule has 1 amide bonds. The summed E-state index contributed by atoms with van der Waals surface area (Å²) in [4.78, 5) is 17.3. The molecule has 0 spiro atoms. The minimum absolute atomic E-state index is 0.0180.